The molecule has 0 saturated heterocycles. The van der Waals surface area contributed by atoms with Gasteiger partial charge in [-0.3, -0.25) is 4.79 Å². The lowest BCUT2D eigenvalue weighted by Gasteiger charge is -2.16. The van der Waals surface area contributed by atoms with E-state index in [0.717, 1.165) is 0 Å². The van der Waals surface area contributed by atoms with Gasteiger partial charge in [-0.2, -0.15) is 0 Å². The summed E-state index contributed by atoms with van der Waals surface area (Å²) in [5.74, 6) is 1.96. The number of ether oxygens (including phenoxy) is 5. The van der Waals surface area contributed by atoms with E-state index in [2.05, 4.69) is 15.9 Å². The van der Waals surface area contributed by atoms with Crippen molar-refractivity contribution in [3.05, 3.63) is 39.9 Å². The molecule has 0 radical (unpaired) electrons. The second kappa shape index (κ2) is 8.11. The minimum atomic E-state index is -0.230. The maximum Gasteiger partial charge on any atom is 0.204 e. The highest BCUT2D eigenvalue weighted by molar-refractivity contribution is 9.10. The third-order valence-corrected chi connectivity index (χ3v) is 4.45. The number of hydrogen-bond acceptors (Lipinski definition) is 6. The second-order valence-corrected chi connectivity index (χ2v) is 5.70. The third-order valence-electron chi connectivity index (χ3n) is 3.66. The van der Waals surface area contributed by atoms with Gasteiger partial charge in [-0.25, -0.2) is 0 Å². The lowest BCUT2D eigenvalue weighted by Crippen LogP contribution is -2.06. The van der Waals surface area contributed by atoms with Crippen molar-refractivity contribution < 1.29 is 28.5 Å². The van der Waals surface area contributed by atoms with E-state index in [1.807, 2.05) is 0 Å². The summed E-state index contributed by atoms with van der Waals surface area (Å²) in [5.41, 5.74) is 0.814. The molecule has 0 aliphatic rings. The zero-order chi connectivity index (χ0) is 18.6. The van der Waals surface area contributed by atoms with E-state index in [0.29, 0.717) is 44.3 Å². The Morgan fingerprint density at radius 2 is 1.36 bits per heavy atom. The molecule has 0 atom stereocenters. The predicted molar refractivity (Wildman–Crippen MR) is 96.8 cm³/mol. The van der Waals surface area contributed by atoms with Crippen LogP contribution in [-0.2, 0) is 0 Å². The van der Waals surface area contributed by atoms with Crippen molar-refractivity contribution in [2.45, 2.75) is 0 Å². The zero-order valence-electron chi connectivity index (χ0n) is 14.6. The summed E-state index contributed by atoms with van der Waals surface area (Å²) in [5, 5.41) is 0. The Kier molecular flexibility index (Phi) is 6.14. The number of halogens is 1. The predicted octanol–water partition coefficient (Wildman–Crippen LogP) is 3.72. The summed E-state index contributed by atoms with van der Waals surface area (Å²) in [6.45, 7) is 0. The van der Waals surface area contributed by atoms with E-state index in [4.69, 9.17) is 23.7 Å². The fourth-order valence-electron chi connectivity index (χ4n) is 2.42. The van der Waals surface area contributed by atoms with Gasteiger partial charge in [-0.05, 0) is 40.2 Å². The van der Waals surface area contributed by atoms with Crippen molar-refractivity contribution in [2.75, 3.05) is 35.5 Å². The molecule has 0 fully saturated rings. The van der Waals surface area contributed by atoms with Crippen LogP contribution in [0.4, 0.5) is 0 Å². The molecule has 0 N–H and O–H groups in total. The average Bonchev–Trinajstić information content (AvgIpc) is 2.66. The number of carbonyl (C=O) groups excluding carboxylic acids is 1. The highest BCUT2D eigenvalue weighted by atomic mass is 79.9. The van der Waals surface area contributed by atoms with Crippen LogP contribution in [0, 0.1) is 0 Å². The molecule has 0 aromatic heterocycles. The average molecular weight is 411 g/mol. The van der Waals surface area contributed by atoms with Crippen LogP contribution < -0.4 is 23.7 Å². The summed E-state index contributed by atoms with van der Waals surface area (Å²) in [6, 6.07) is 6.57. The Bertz CT molecular complexity index is 788. The van der Waals surface area contributed by atoms with Crippen molar-refractivity contribution in [2.24, 2.45) is 0 Å². The number of rotatable bonds is 7. The molecule has 0 amide bonds. The standard InChI is InChI=1S/C18H19BrO6/c1-21-12-7-6-10(8-13(12)22-2)16(20)11-9-14(23-3)17(24-4)18(25-5)15(11)19/h6-9H,1-5H3. The summed E-state index contributed by atoms with van der Waals surface area (Å²) in [6.07, 6.45) is 0. The molecular formula is C18H19BrO6. The Hall–Kier alpha value is -2.41. The molecule has 0 saturated carbocycles. The van der Waals surface area contributed by atoms with Gasteiger partial charge in [0.2, 0.25) is 5.75 Å². The Labute approximate surface area is 154 Å². The normalized spacial score (nSPS) is 10.2. The SMILES string of the molecule is COc1ccc(C(=O)c2cc(OC)c(OC)c(OC)c2Br)cc1OC. The molecule has 0 aliphatic heterocycles. The Balaban J connectivity index is 2.60. The van der Waals surface area contributed by atoms with Crippen LogP contribution in [0.5, 0.6) is 28.7 Å². The van der Waals surface area contributed by atoms with E-state index in [1.165, 1.54) is 35.5 Å². The first kappa shape index (κ1) is 18.9. The lowest BCUT2D eigenvalue weighted by atomic mass is 10.0. The molecule has 6 nitrogen and oxygen atoms in total. The second-order valence-electron chi connectivity index (χ2n) is 4.91. The van der Waals surface area contributed by atoms with E-state index < -0.39 is 0 Å². The summed E-state index contributed by atoms with van der Waals surface area (Å²) in [4.78, 5) is 13.0. The van der Waals surface area contributed by atoms with Crippen LogP contribution in [0.2, 0.25) is 0 Å². The maximum atomic E-state index is 13.0. The number of hydrogen-bond donors (Lipinski definition) is 0. The van der Waals surface area contributed by atoms with Gasteiger partial charge in [-0.1, -0.05) is 0 Å². The van der Waals surface area contributed by atoms with Gasteiger partial charge in [0.15, 0.2) is 28.8 Å². The first-order chi connectivity index (χ1) is 12.0. The number of ketones is 1. The lowest BCUT2D eigenvalue weighted by molar-refractivity contribution is 0.103. The van der Waals surface area contributed by atoms with Crippen LogP contribution in [0.15, 0.2) is 28.7 Å². The molecule has 0 spiro atoms. The fourth-order valence-corrected chi connectivity index (χ4v) is 3.06. The number of methoxy groups -OCH3 is 5. The highest BCUT2D eigenvalue weighted by Crippen LogP contribution is 2.45. The molecule has 134 valence electrons. The fraction of sp³-hybridized carbons (Fsp3) is 0.278. The first-order valence-electron chi connectivity index (χ1n) is 7.27. The zero-order valence-corrected chi connectivity index (χ0v) is 16.2. The summed E-state index contributed by atoms with van der Waals surface area (Å²) < 4.78 is 26.9. The molecule has 0 heterocycles. The van der Waals surface area contributed by atoms with Crippen molar-refractivity contribution in [3.8, 4) is 28.7 Å². The molecule has 25 heavy (non-hydrogen) atoms. The van der Waals surface area contributed by atoms with Crippen LogP contribution >= 0.6 is 15.9 Å². The molecule has 0 aliphatic carbocycles. The van der Waals surface area contributed by atoms with E-state index >= 15 is 0 Å². The molecule has 0 unspecified atom stereocenters. The summed E-state index contributed by atoms with van der Waals surface area (Å²) in [7, 11) is 7.54. The molecule has 7 heteroatoms. The molecule has 0 bridgehead atoms. The van der Waals surface area contributed by atoms with Gasteiger partial charge in [0.1, 0.15) is 0 Å². The van der Waals surface area contributed by atoms with E-state index in [-0.39, 0.29) is 5.78 Å². The summed E-state index contributed by atoms with van der Waals surface area (Å²) >= 11 is 3.42. The molecule has 2 rings (SSSR count). The highest BCUT2D eigenvalue weighted by Gasteiger charge is 2.24. The third kappa shape index (κ3) is 3.51. The minimum absolute atomic E-state index is 0.230. The minimum Gasteiger partial charge on any atom is -0.493 e. The van der Waals surface area contributed by atoms with Crippen LogP contribution in [-0.4, -0.2) is 41.3 Å². The molecular weight excluding hydrogens is 392 g/mol. The van der Waals surface area contributed by atoms with Crippen molar-refractivity contribution >= 4 is 21.7 Å². The quantitative estimate of drug-likeness (QED) is 0.648. The van der Waals surface area contributed by atoms with Gasteiger partial charge in [0.05, 0.1) is 40.0 Å². The topological polar surface area (TPSA) is 63.2 Å². The van der Waals surface area contributed by atoms with Crippen LogP contribution in [0.1, 0.15) is 15.9 Å². The van der Waals surface area contributed by atoms with Crippen LogP contribution in [0.25, 0.3) is 0 Å². The van der Waals surface area contributed by atoms with Crippen molar-refractivity contribution in [1.82, 2.24) is 0 Å². The number of carbonyl (C=O) groups is 1. The van der Waals surface area contributed by atoms with Gasteiger partial charge in [0.25, 0.3) is 0 Å². The Morgan fingerprint density at radius 1 is 0.760 bits per heavy atom. The largest absolute Gasteiger partial charge is 0.493 e. The van der Waals surface area contributed by atoms with E-state index in [9.17, 15) is 4.79 Å². The molecule has 2 aromatic rings. The smallest absolute Gasteiger partial charge is 0.204 e. The van der Waals surface area contributed by atoms with Crippen molar-refractivity contribution in [3.63, 3.8) is 0 Å². The van der Waals surface area contributed by atoms with E-state index in [1.54, 1.807) is 24.3 Å². The first-order valence-corrected chi connectivity index (χ1v) is 8.06. The van der Waals surface area contributed by atoms with Crippen molar-refractivity contribution in [1.29, 1.82) is 0 Å². The molecule has 2 aromatic carbocycles. The Morgan fingerprint density at radius 3 is 1.88 bits per heavy atom. The number of benzene rings is 2. The van der Waals surface area contributed by atoms with Crippen LogP contribution in [0.3, 0.4) is 0 Å². The van der Waals surface area contributed by atoms with Gasteiger partial charge >= 0.3 is 0 Å². The van der Waals surface area contributed by atoms with Gasteiger partial charge in [-0.15, -0.1) is 0 Å². The van der Waals surface area contributed by atoms with Gasteiger partial charge < -0.3 is 23.7 Å². The monoisotopic (exact) mass is 410 g/mol. The van der Waals surface area contributed by atoms with Gasteiger partial charge in [0, 0.05) is 11.1 Å². The maximum absolute atomic E-state index is 13.0.